The van der Waals surface area contributed by atoms with Crippen molar-refractivity contribution in [3.8, 4) is 5.75 Å². The van der Waals surface area contributed by atoms with Crippen LogP contribution in [0, 0.1) is 11.2 Å². The predicted molar refractivity (Wildman–Crippen MR) is 116 cm³/mol. The zero-order valence-corrected chi connectivity index (χ0v) is 17.4. The van der Waals surface area contributed by atoms with E-state index in [1.54, 1.807) is 27.9 Å². The van der Waals surface area contributed by atoms with Gasteiger partial charge < -0.3 is 15.0 Å². The molecule has 2 heterocycles. The summed E-state index contributed by atoms with van der Waals surface area (Å²) in [6.45, 7) is 1.11. The van der Waals surface area contributed by atoms with E-state index in [1.807, 2.05) is 36.5 Å². The number of nitrogens with zero attached hydrogens (tertiary/aromatic N) is 3. The van der Waals surface area contributed by atoms with Crippen molar-refractivity contribution < 1.29 is 18.7 Å². The minimum absolute atomic E-state index is 0.0556. The van der Waals surface area contributed by atoms with Crippen molar-refractivity contribution >= 4 is 17.5 Å². The predicted octanol–water partition coefficient (Wildman–Crippen LogP) is 2.74. The van der Waals surface area contributed by atoms with Crippen LogP contribution in [0.1, 0.15) is 17.9 Å². The highest BCUT2D eigenvalue weighted by Gasteiger charge is 2.66. The average Bonchev–Trinajstić information content (AvgIpc) is 3.33. The number of carbonyl (C=O) groups excluding carboxylic acids is 2. The van der Waals surface area contributed by atoms with Crippen LogP contribution in [-0.4, -0.2) is 41.3 Å². The van der Waals surface area contributed by atoms with Crippen molar-refractivity contribution in [1.29, 1.82) is 0 Å². The zero-order chi connectivity index (χ0) is 22.1. The molecule has 2 aromatic carbocycles. The molecule has 0 saturated heterocycles. The molecule has 1 N–H and O–H groups in total. The molecule has 2 unspecified atom stereocenters. The van der Waals surface area contributed by atoms with Crippen molar-refractivity contribution in [2.45, 2.75) is 18.9 Å². The second-order valence-corrected chi connectivity index (χ2v) is 8.22. The maximum atomic E-state index is 13.5. The van der Waals surface area contributed by atoms with Crippen molar-refractivity contribution in [3.63, 3.8) is 0 Å². The van der Waals surface area contributed by atoms with Gasteiger partial charge in [-0.25, -0.2) is 4.39 Å². The Balaban J connectivity index is 1.29. The Labute approximate surface area is 184 Å². The fourth-order valence-electron chi connectivity index (χ4n) is 4.42. The lowest BCUT2D eigenvalue weighted by Gasteiger charge is -2.33. The van der Waals surface area contributed by atoms with E-state index in [9.17, 15) is 14.0 Å². The van der Waals surface area contributed by atoms with E-state index in [0.717, 1.165) is 11.3 Å². The molecule has 8 heteroatoms. The molecule has 1 fully saturated rings. The molecule has 0 radical (unpaired) electrons. The number of halogens is 1. The first-order valence-corrected chi connectivity index (χ1v) is 10.6. The van der Waals surface area contributed by atoms with Gasteiger partial charge in [0.1, 0.15) is 24.7 Å². The molecule has 2 aliphatic rings. The Bertz CT molecular complexity index is 1130. The molecule has 0 bridgehead atoms. The summed E-state index contributed by atoms with van der Waals surface area (Å²) in [7, 11) is 0. The van der Waals surface area contributed by atoms with Crippen LogP contribution in [0.5, 0.6) is 5.75 Å². The molecule has 2 atom stereocenters. The van der Waals surface area contributed by atoms with Gasteiger partial charge in [-0.2, -0.15) is 5.10 Å². The molecule has 1 aliphatic carbocycles. The highest BCUT2D eigenvalue weighted by atomic mass is 19.1. The number of nitrogens with one attached hydrogen (secondary N) is 1. The maximum Gasteiger partial charge on any atom is 0.240 e. The van der Waals surface area contributed by atoms with Crippen LogP contribution in [-0.2, 0) is 16.1 Å². The monoisotopic (exact) mass is 434 g/mol. The average molecular weight is 434 g/mol. The molecule has 0 spiro atoms. The third-order valence-corrected chi connectivity index (χ3v) is 6.18. The topological polar surface area (TPSA) is 76.5 Å². The SMILES string of the molecule is O=C(CN1C(=O)C2(COc3ccc(F)cc3)CC2c2ccccc21)NCCn1cccn1. The highest BCUT2D eigenvalue weighted by Crippen LogP contribution is 2.65. The Morgan fingerprint density at radius 1 is 1.19 bits per heavy atom. The summed E-state index contributed by atoms with van der Waals surface area (Å²) < 4.78 is 20.8. The van der Waals surface area contributed by atoms with Crippen molar-refractivity contribution in [3.05, 3.63) is 78.4 Å². The van der Waals surface area contributed by atoms with Crippen molar-refractivity contribution in [1.82, 2.24) is 15.1 Å². The van der Waals surface area contributed by atoms with E-state index in [4.69, 9.17) is 4.74 Å². The number of para-hydroxylation sites is 1. The fourth-order valence-corrected chi connectivity index (χ4v) is 4.42. The summed E-state index contributed by atoms with van der Waals surface area (Å²) in [6, 6.07) is 15.3. The normalized spacial score (nSPS) is 21.0. The number of ether oxygens (including phenoxy) is 1. The summed E-state index contributed by atoms with van der Waals surface area (Å²) in [5, 5.41) is 6.97. The van der Waals surface area contributed by atoms with Crippen LogP contribution >= 0.6 is 0 Å². The lowest BCUT2D eigenvalue weighted by molar-refractivity contribution is -0.128. The first kappa shape index (κ1) is 20.2. The van der Waals surface area contributed by atoms with E-state index in [2.05, 4.69) is 10.4 Å². The van der Waals surface area contributed by atoms with Crippen molar-refractivity contribution in [2.24, 2.45) is 5.41 Å². The lowest BCUT2D eigenvalue weighted by Crippen LogP contribution is -2.48. The van der Waals surface area contributed by atoms with Gasteiger partial charge in [-0.15, -0.1) is 0 Å². The summed E-state index contributed by atoms with van der Waals surface area (Å²) in [4.78, 5) is 27.7. The first-order chi connectivity index (χ1) is 15.6. The zero-order valence-electron chi connectivity index (χ0n) is 17.4. The van der Waals surface area contributed by atoms with E-state index < -0.39 is 5.41 Å². The van der Waals surface area contributed by atoms with Gasteiger partial charge in [0.15, 0.2) is 0 Å². The van der Waals surface area contributed by atoms with Crippen LogP contribution in [0.3, 0.4) is 0 Å². The second kappa shape index (κ2) is 8.11. The van der Waals surface area contributed by atoms with Gasteiger partial charge in [-0.05, 0) is 48.4 Å². The van der Waals surface area contributed by atoms with Gasteiger partial charge in [0.25, 0.3) is 0 Å². The Morgan fingerprint density at radius 2 is 2.00 bits per heavy atom. The van der Waals surface area contributed by atoms with E-state index in [-0.39, 0.29) is 36.7 Å². The van der Waals surface area contributed by atoms with Crippen LogP contribution in [0.4, 0.5) is 10.1 Å². The molecule has 2 amide bonds. The highest BCUT2D eigenvalue weighted by molar-refractivity contribution is 6.07. The van der Waals surface area contributed by atoms with Gasteiger partial charge in [0, 0.05) is 30.5 Å². The third-order valence-electron chi connectivity index (χ3n) is 6.18. The van der Waals surface area contributed by atoms with Gasteiger partial charge in [0.05, 0.1) is 12.0 Å². The first-order valence-electron chi connectivity index (χ1n) is 10.6. The summed E-state index contributed by atoms with van der Waals surface area (Å²) in [6.07, 6.45) is 4.18. The number of hydrogen-bond acceptors (Lipinski definition) is 4. The van der Waals surface area contributed by atoms with Gasteiger partial charge in [-0.1, -0.05) is 18.2 Å². The number of aromatic nitrogens is 2. The van der Waals surface area contributed by atoms with Gasteiger partial charge in [-0.3, -0.25) is 14.3 Å². The van der Waals surface area contributed by atoms with Crippen LogP contribution < -0.4 is 15.0 Å². The molecule has 1 aromatic heterocycles. The summed E-state index contributed by atoms with van der Waals surface area (Å²) in [5.74, 6) is -0.0986. The lowest BCUT2D eigenvalue weighted by atomic mass is 9.92. The van der Waals surface area contributed by atoms with Crippen LogP contribution in [0.25, 0.3) is 0 Å². The Kier molecular flexibility index (Phi) is 5.13. The minimum Gasteiger partial charge on any atom is -0.492 e. The summed E-state index contributed by atoms with van der Waals surface area (Å²) in [5.41, 5.74) is 1.14. The maximum absolute atomic E-state index is 13.5. The van der Waals surface area contributed by atoms with Gasteiger partial charge >= 0.3 is 0 Å². The van der Waals surface area contributed by atoms with E-state index >= 15 is 0 Å². The quantitative estimate of drug-likeness (QED) is 0.592. The molecular formula is C24H23FN4O3. The number of carbonyl (C=O) groups is 2. The largest absolute Gasteiger partial charge is 0.492 e. The van der Waals surface area contributed by atoms with E-state index in [1.165, 1.54) is 12.1 Å². The molecule has 7 nitrogen and oxygen atoms in total. The fraction of sp³-hybridized carbons (Fsp3) is 0.292. The van der Waals surface area contributed by atoms with Crippen LogP contribution in [0.15, 0.2) is 67.0 Å². The molecule has 3 aromatic rings. The third kappa shape index (κ3) is 3.72. The second-order valence-electron chi connectivity index (χ2n) is 8.22. The molecule has 164 valence electrons. The Morgan fingerprint density at radius 3 is 2.78 bits per heavy atom. The molecule has 5 rings (SSSR count). The van der Waals surface area contributed by atoms with E-state index in [0.29, 0.717) is 25.3 Å². The minimum atomic E-state index is -0.696. The molecule has 1 saturated carbocycles. The molecule has 1 aliphatic heterocycles. The number of anilines is 1. The number of benzene rings is 2. The smallest absolute Gasteiger partial charge is 0.240 e. The number of hydrogen-bond donors (Lipinski definition) is 1. The van der Waals surface area contributed by atoms with Crippen molar-refractivity contribution in [2.75, 3.05) is 24.6 Å². The van der Waals surface area contributed by atoms with Crippen LogP contribution in [0.2, 0.25) is 0 Å². The number of rotatable bonds is 8. The standard InChI is InChI=1S/C24H23FN4O3/c25-17-6-8-18(9-7-17)32-16-24-14-20(24)19-4-1-2-5-21(19)29(23(24)31)15-22(30)26-11-13-28-12-3-10-27-28/h1-10,12,20H,11,13-16H2,(H,26,30). The molecular weight excluding hydrogens is 411 g/mol. The number of fused-ring (bicyclic) bond motifs is 3. The summed E-state index contributed by atoms with van der Waals surface area (Å²) >= 11 is 0. The molecule has 32 heavy (non-hydrogen) atoms. The Hall–Kier alpha value is -3.68. The number of amides is 2. The van der Waals surface area contributed by atoms with Gasteiger partial charge in [0.2, 0.25) is 11.8 Å².